The number of hydrogen-bond acceptors (Lipinski definition) is 2. The van der Waals surface area contributed by atoms with Crippen molar-refractivity contribution < 1.29 is 14.3 Å². The maximum Gasteiger partial charge on any atom is 0.322 e. The molecule has 0 heterocycles. The van der Waals surface area contributed by atoms with Crippen LogP contribution in [0.2, 0.25) is 0 Å². The van der Waals surface area contributed by atoms with Crippen molar-refractivity contribution in [1.29, 1.82) is 0 Å². The van der Waals surface area contributed by atoms with Crippen LogP contribution in [-0.4, -0.2) is 29.2 Å². The number of aliphatic hydroxyl groups is 1. The van der Waals surface area contributed by atoms with Gasteiger partial charge in [0, 0.05) is 13.2 Å². The average molecular weight is 342 g/mol. The normalized spacial score (nSPS) is 15.7. The van der Waals surface area contributed by atoms with E-state index in [9.17, 15) is 14.3 Å². The van der Waals surface area contributed by atoms with Crippen molar-refractivity contribution >= 4 is 11.7 Å². The molecule has 1 unspecified atom stereocenters. The molecule has 1 aliphatic rings. The van der Waals surface area contributed by atoms with Gasteiger partial charge in [-0.05, 0) is 55.0 Å². The molecule has 1 aliphatic carbocycles. The number of benzene rings is 2. The van der Waals surface area contributed by atoms with Gasteiger partial charge in [-0.15, -0.1) is 0 Å². The Hall–Kier alpha value is -2.40. The molecule has 132 valence electrons. The minimum absolute atomic E-state index is 0.0110. The molecule has 0 radical (unpaired) electrons. The zero-order valence-corrected chi connectivity index (χ0v) is 14.3. The van der Waals surface area contributed by atoms with E-state index in [0.29, 0.717) is 13.0 Å². The van der Waals surface area contributed by atoms with Crippen LogP contribution in [0.4, 0.5) is 14.9 Å². The van der Waals surface area contributed by atoms with E-state index in [0.717, 1.165) is 24.0 Å². The Kier molecular flexibility index (Phi) is 5.34. The molecular weight excluding hydrogens is 319 g/mol. The lowest BCUT2D eigenvalue weighted by atomic mass is 10.1. The Morgan fingerprint density at radius 2 is 2.12 bits per heavy atom. The highest BCUT2D eigenvalue weighted by molar-refractivity contribution is 5.90. The number of halogens is 1. The SMILES string of the molecule is Cc1ccc(NC(=O)N(CCCO)C2CCc3ccccc32)c(F)c1. The number of carbonyl (C=O) groups is 1. The number of urea groups is 1. The van der Waals surface area contributed by atoms with Crippen LogP contribution in [-0.2, 0) is 6.42 Å². The summed E-state index contributed by atoms with van der Waals surface area (Å²) in [5, 5.41) is 11.9. The van der Waals surface area contributed by atoms with E-state index in [1.165, 1.54) is 11.6 Å². The van der Waals surface area contributed by atoms with Gasteiger partial charge < -0.3 is 15.3 Å². The predicted octanol–water partition coefficient (Wildman–Crippen LogP) is 4.04. The highest BCUT2D eigenvalue weighted by Gasteiger charge is 2.30. The van der Waals surface area contributed by atoms with Gasteiger partial charge >= 0.3 is 6.03 Å². The molecule has 3 rings (SSSR count). The number of carbonyl (C=O) groups excluding carboxylic acids is 1. The van der Waals surface area contributed by atoms with Crippen LogP contribution in [0.3, 0.4) is 0 Å². The van der Waals surface area contributed by atoms with Crippen molar-refractivity contribution in [3.8, 4) is 0 Å². The monoisotopic (exact) mass is 342 g/mol. The first kappa shape index (κ1) is 17.4. The molecule has 0 bridgehead atoms. The van der Waals surface area contributed by atoms with Crippen molar-refractivity contribution in [3.63, 3.8) is 0 Å². The zero-order chi connectivity index (χ0) is 17.8. The second kappa shape index (κ2) is 7.66. The molecule has 1 atom stereocenters. The third kappa shape index (κ3) is 3.82. The number of aryl methyl sites for hydroxylation is 2. The first-order chi connectivity index (χ1) is 12.1. The molecule has 5 heteroatoms. The van der Waals surface area contributed by atoms with E-state index >= 15 is 0 Å². The summed E-state index contributed by atoms with van der Waals surface area (Å²) in [7, 11) is 0. The molecule has 0 saturated carbocycles. The summed E-state index contributed by atoms with van der Waals surface area (Å²) in [6.07, 6.45) is 2.25. The largest absolute Gasteiger partial charge is 0.396 e. The number of amides is 2. The van der Waals surface area contributed by atoms with E-state index in [-0.39, 0.29) is 24.4 Å². The molecule has 25 heavy (non-hydrogen) atoms. The van der Waals surface area contributed by atoms with E-state index in [1.807, 2.05) is 18.2 Å². The van der Waals surface area contributed by atoms with Crippen molar-refractivity contribution in [1.82, 2.24) is 4.90 Å². The number of rotatable bonds is 5. The lowest BCUT2D eigenvalue weighted by Crippen LogP contribution is -2.38. The molecule has 4 nitrogen and oxygen atoms in total. The van der Waals surface area contributed by atoms with Gasteiger partial charge in [-0.2, -0.15) is 0 Å². The summed E-state index contributed by atoms with van der Waals surface area (Å²) < 4.78 is 14.1. The molecule has 0 fully saturated rings. The van der Waals surface area contributed by atoms with Crippen molar-refractivity contribution in [3.05, 3.63) is 65.0 Å². The lowest BCUT2D eigenvalue weighted by molar-refractivity contribution is 0.177. The third-order valence-corrected chi connectivity index (χ3v) is 4.66. The van der Waals surface area contributed by atoms with Gasteiger partial charge in [0.05, 0.1) is 11.7 Å². The highest BCUT2D eigenvalue weighted by Crippen LogP contribution is 2.36. The fraction of sp³-hybridized carbons (Fsp3) is 0.350. The molecule has 0 saturated heterocycles. The molecule has 2 N–H and O–H groups in total. The Bertz CT molecular complexity index is 763. The quantitative estimate of drug-likeness (QED) is 0.862. The van der Waals surface area contributed by atoms with Gasteiger partial charge in [0.2, 0.25) is 0 Å². The van der Waals surface area contributed by atoms with E-state index in [1.54, 1.807) is 24.0 Å². The number of fused-ring (bicyclic) bond motifs is 1. The van der Waals surface area contributed by atoms with Crippen molar-refractivity contribution in [2.24, 2.45) is 0 Å². The first-order valence-electron chi connectivity index (χ1n) is 8.62. The maximum atomic E-state index is 14.1. The summed E-state index contributed by atoms with van der Waals surface area (Å²) in [5.41, 5.74) is 3.36. The summed E-state index contributed by atoms with van der Waals surface area (Å²) in [6.45, 7) is 2.24. The summed E-state index contributed by atoms with van der Waals surface area (Å²) in [6, 6.07) is 12.5. The van der Waals surface area contributed by atoms with Gasteiger partial charge in [0.15, 0.2) is 0 Å². The zero-order valence-electron chi connectivity index (χ0n) is 14.3. The molecular formula is C20H23FN2O2. The Morgan fingerprint density at radius 3 is 2.88 bits per heavy atom. The second-order valence-corrected chi connectivity index (χ2v) is 6.44. The van der Waals surface area contributed by atoms with E-state index in [2.05, 4.69) is 11.4 Å². The van der Waals surface area contributed by atoms with Gasteiger partial charge in [0.25, 0.3) is 0 Å². The third-order valence-electron chi connectivity index (χ3n) is 4.66. The standard InChI is InChI=1S/C20H23FN2O2/c1-14-7-9-18(17(21)13-14)22-20(25)23(11-4-12-24)19-10-8-15-5-2-3-6-16(15)19/h2-3,5-7,9,13,19,24H,4,8,10-12H2,1H3,(H,22,25). The second-order valence-electron chi connectivity index (χ2n) is 6.44. The smallest absolute Gasteiger partial charge is 0.322 e. The van der Waals surface area contributed by atoms with Crippen LogP contribution in [0.5, 0.6) is 0 Å². The summed E-state index contributed by atoms with van der Waals surface area (Å²) in [4.78, 5) is 14.5. The van der Waals surface area contributed by atoms with Crippen LogP contribution < -0.4 is 5.32 Å². The Labute approximate surface area is 147 Å². The molecule has 2 aromatic rings. The Morgan fingerprint density at radius 1 is 1.32 bits per heavy atom. The fourth-order valence-corrected chi connectivity index (χ4v) is 3.41. The maximum absolute atomic E-state index is 14.1. The van der Waals surface area contributed by atoms with Gasteiger partial charge in [-0.1, -0.05) is 30.3 Å². The first-order valence-corrected chi connectivity index (χ1v) is 8.62. The van der Waals surface area contributed by atoms with Crippen LogP contribution in [0.25, 0.3) is 0 Å². The van der Waals surface area contributed by atoms with Crippen LogP contribution >= 0.6 is 0 Å². The van der Waals surface area contributed by atoms with Crippen molar-refractivity contribution in [2.45, 2.75) is 32.2 Å². The van der Waals surface area contributed by atoms with Crippen LogP contribution in [0.15, 0.2) is 42.5 Å². The highest BCUT2D eigenvalue weighted by atomic mass is 19.1. The topological polar surface area (TPSA) is 52.6 Å². The minimum atomic E-state index is -0.442. The van der Waals surface area contributed by atoms with Crippen molar-refractivity contribution in [2.75, 3.05) is 18.5 Å². The van der Waals surface area contributed by atoms with Gasteiger partial charge in [-0.25, -0.2) is 9.18 Å². The van der Waals surface area contributed by atoms with Gasteiger partial charge in [0.1, 0.15) is 5.82 Å². The number of aliphatic hydroxyl groups excluding tert-OH is 1. The minimum Gasteiger partial charge on any atom is -0.396 e. The van der Waals surface area contributed by atoms with Crippen LogP contribution in [0.1, 0.15) is 35.6 Å². The summed E-state index contributed by atoms with van der Waals surface area (Å²) in [5.74, 6) is -0.442. The fourth-order valence-electron chi connectivity index (χ4n) is 3.41. The molecule has 0 aromatic heterocycles. The van der Waals surface area contributed by atoms with Crippen LogP contribution in [0, 0.1) is 12.7 Å². The predicted molar refractivity (Wildman–Crippen MR) is 96.1 cm³/mol. The number of nitrogens with one attached hydrogen (secondary N) is 1. The van der Waals surface area contributed by atoms with E-state index in [4.69, 9.17) is 0 Å². The molecule has 0 aliphatic heterocycles. The lowest BCUT2D eigenvalue weighted by Gasteiger charge is -2.30. The average Bonchev–Trinajstić information content (AvgIpc) is 3.02. The summed E-state index contributed by atoms with van der Waals surface area (Å²) >= 11 is 0. The molecule has 2 aromatic carbocycles. The number of anilines is 1. The molecule has 0 spiro atoms. The molecule has 2 amide bonds. The van der Waals surface area contributed by atoms with E-state index < -0.39 is 5.82 Å². The number of nitrogens with zero attached hydrogens (tertiary/aromatic N) is 1. The Balaban J connectivity index is 1.82. The number of hydrogen-bond donors (Lipinski definition) is 2. The van der Waals surface area contributed by atoms with Gasteiger partial charge in [-0.3, -0.25) is 0 Å².